The normalized spacial score (nSPS) is 16.6. The molecule has 1 N–H and O–H groups in total. The molecule has 2 amide bonds. The Morgan fingerprint density at radius 1 is 1.32 bits per heavy atom. The molecule has 0 radical (unpaired) electrons. The molecule has 0 saturated carbocycles. The average molecular weight is 349 g/mol. The zero-order chi connectivity index (χ0) is 18.4. The first kappa shape index (κ1) is 19.1. The first-order chi connectivity index (χ1) is 12.0. The molecule has 1 unspecified atom stereocenters. The molecule has 0 aliphatic carbocycles. The van der Waals surface area contributed by atoms with E-state index >= 15 is 0 Å². The van der Waals surface area contributed by atoms with Crippen molar-refractivity contribution >= 4 is 11.8 Å². The lowest BCUT2D eigenvalue weighted by Gasteiger charge is -2.28. The summed E-state index contributed by atoms with van der Waals surface area (Å²) in [6, 6.07) is 4.67. The van der Waals surface area contributed by atoms with Crippen molar-refractivity contribution in [3.8, 4) is 11.5 Å². The van der Waals surface area contributed by atoms with E-state index in [0.29, 0.717) is 36.6 Å². The number of rotatable bonds is 7. The summed E-state index contributed by atoms with van der Waals surface area (Å²) < 4.78 is 10.5. The van der Waals surface area contributed by atoms with Crippen molar-refractivity contribution in [3.05, 3.63) is 23.8 Å². The first-order valence-electron chi connectivity index (χ1n) is 8.46. The van der Waals surface area contributed by atoms with Gasteiger partial charge in [0.25, 0.3) is 5.91 Å². The number of hydrogen-bond acceptors (Lipinski definition) is 5. The molecule has 1 atom stereocenters. The molecule has 1 fully saturated rings. The van der Waals surface area contributed by atoms with Crippen molar-refractivity contribution in [2.45, 2.75) is 18.9 Å². The number of likely N-dealkylation sites (N-methyl/N-ethyl adjacent to an activating group) is 2. The van der Waals surface area contributed by atoms with Crippen LogP contribution in [0.5, 0.6) is 11.5 Å². The van der Waals surface area contributed by atoms with Crippen LogP contribution in [0.4, 0.5) is 0 Å². The van der Waals surface area contributed by atoms with Gasteiger partial charge >= 0.3 is 0 Å². The van der Waals surface area contributed by atoms with E-state index in [-0.39, 0.29) is 11.8 Å². The lowest BCUT2D eigenvalue weighted by molar-refractivity contribution is -0.133. The lowest BCUT2D eigenvalue weighted by atomic mass is 10.1. The van der Waals surface area contributed by atoms with E-state index < -0.39 is 6.04 Å². The summed E-state index contributed by atoms with van der Waals surface area (Å²) in [7, 11) is 6.70. The number of carbonyl (C=O) groups is 2. The standard InChI is InChI=1S/C18H27N3O4/c1-19-9-11-20(2)18(23)15-6-5-10-21(15)17(22)14-8-7-13(24-3)12-16(14)25-4/h7-8,12,15,19H,5-6,9-11H2,1-4H3. The fraction of sp³-hybridized carbons (Fsp3) is 0.556. The quantitative estimate of drug-likeness (QED) is 0.795. The lowest BCUT2D eigenvalue weighted by Crippen LogP contribution is -2.47. The molecule has 2 rings (SSSR count). The van der Waals surface area contributed by atoms with Gasteiger partial charge < -0.3 is 24.6 Å². The molecule has 0 bridgehead atoms. The van der Waals surface area contributed by atoms with Crippen LogP contribution in [-0.4, -0.2) is 75.6 Å². The Balaban J connectivity index is 2.19. The van der Waals surface area contributed by atoms with Crippen molar-refractivity contribution in [1.82, 2.24) is 15.1 Å². The number of methoxy groups -OCH3 is 2. The fourth-order valence-electron chi connectivity index (χ4n) is 3.04. The number of amides is 2. The van der Waals surface area contributed by atoms with Crippen LogP contribution in [0.25, 0.3) is 0 Å². The summed E-state index contributed by atoms with van der Waals surface area (Å²) in [6.07, 6.45) is 1.51. The second-order valence-corrected chi connectivity index (χ2v) is 6.09. The Kier molecular flexibility index (Phi) is 6.64. The second-order valence-electron chi connectivity index (χ2n) is 6.09. The number of nitrogens with one attached hydrogen (secondary N) is 1. The highest BCUT2D eigenvalue weighted by molar-refractivity contribution is 6.00. The number of benzene rings is 1. The zero-order valence-corrected chi connectivity index (χ0v) is 15.4. The maximum Gasteiger partial charge on any atom is 0.258 e. The zero-order valence-electron chi connectivity index (χ0n) is 15.4. The van der Waals surface area contributed by atoms with Gasteiger partial charge in [-0.25, -0.2) is 0 Å². The van der Waals surface area contributed by atoms with Crippen LogP contribution >= 0.6 is 0 Å². The summed E-state index contributed by atoms with van der Waals surface area (Å²) in [5, 5.41) is 3.03. The van der Waals surface area contributed by atoms with Crippen LogP contribution in [0, 0.1) is 0 Å². The Labute approximate surface area is 148 Å². The van der Waals surface area contributed by atoms with Crippen LogP contribution in [0.1, 0.15) is 23.2 Å². The highest BCUT2D eigenvalue weighted by atomic mass is 16.5. The minimum atomic E-state index is -0.416. The number of hydrogen-bond donors (Lipinski definition) is 1. The van der Waals surface area contributed by atoms with Crippen LogP contribution in [-0.2, 0) is 4.79 Å². The number of ether oxygens (including phenoxy) is 2. The minimum Gasteiger partial charge on any atom is -0.497 e. The Bertz CT molecular complexity index is 620. The highest BCUT2D eigenvalue weighted by Gasteiger charge is 2.36. The van der Waals surface area contributed by atoms with E-state index in [1.165, 1.54) is 7.11 Å². The number of nitrogens with zero attached hydrogens (tertiary/aromatic N) is 2. The van der Waals surface area contributed by atoms with Crippen molar-refractivity contribution in [2.24, 2.45) is 0 Å². The molecule has 138 valence electrons. The summed E-state index contributed by atoms with van der Waals surface area (Å²) in [4.78, 5) is 29.0. The van der Waals surface area contributed by atoms with Crippen LogP contribution in [0.15, 0.2) is 18.2 Å². The van der Waals surface area contributed by atoms with Crippen LogP contribution in [0.3, 0.4) is 0 Å². The van der Waals surface area contributed by atoms with Crippen molar-refractivity contribution in [3.63, 3.8) is 0 Å². The van der Waals surface area contributed by atoms with E-state index in [9.17, 15) is 9.59 Å². The maximum absolute atomic E-state index is 13.0. The topological polar surface area (TPSA) is 71.1 Å². The highest BCUT2D eigenvalue weighted by Crippen LogP contribution is 2.29. The Hall–Kier alpha value is -2.28. The molecule has 1 saturated heterocycles. The predicted molar refractivity (Wildman–Crippen MR) is 95.2 cm³/mol. The average Bonchev–Trinajstić information content (AvgIpc) is 3.13. The van der Waals surface area contributed by atoms with Gasteiger partial charge in [-0.05, 0) is 32.0 Å². The first-order valence-corrected chi connectivity index (χ1v) is 8.46. The van der Waals surface area contributed by atoms with Crippen molar-refractivity contribution in [2.75, 3.05) is 47.9 Å². The third-order valence-electron chi connectivity index (χ3n) is 4.51. The summed E-state index contributed by atoms with van der Waals surface area (Å²) >= 11 is 0. The Morgan fingerprint density at radius 2 is 2.08 bits per heavy atom. The van der Waals surface area contributed by atoms with Gasteiger partial charge in [0.1, 0.15) is 17.5 Å². The minimum absolute atomic E-state index is 0.0198. The SMILES string of the molecule is CNCCN(C)C(=O)C1CCCN1C(=O)c1ccc(OC)cc1OC. The monoisotopic (exact) mass is 349 g/mol. The molecule has 0 spiro atoms. The third-order valence-corrected chi connectivity index (χ3v) is 4.51. The van der Waals surface area contributed by atoms with E-state index in [4.69, 9.17) is 9.47 Å². The molecule has 1 aromatic carbocycles. The van der Waals surface area contributed by atoms with Crippen LogP contribution < -0.4 is 14.8 Å². The van der Waals surface area contributed by atoms with Gasteiger partial charge in [-0.15, -0.1) is 0 Å². The van der Waals surface area contributed by atoms with Gasteiger partial charge in [0, 0.05) is 32.7 Å². The van der Waals surface area contributed by atoms with E-state index in [1.54, 1.807) is 42.2 Å². The van der Waals surface area contributed by atoms with Gasteiger partial charge in [-0.1, -0.05) is 0 Å². The van der Waals surface area contributed by atoms with E-state index in [2.05, 4.69) is 5.32 Å². The number of carbonyl (C=O) groups excluding carboxylic acids is 2. The fourth-order valence-corrected chi connectivity index (χ4v) is 3.04. The van der Waals surface area contributed by atoms with Crippen molar-refractivity contribution < 1.29 is 19.1 Å². The molecule has 7 nitrogen and oxygen atoms in total. The molecule has 7 heteroatoms. The van der Waals surface area contributed by atoms with Crippen molar-refractivity contribution in [1.29, 1.82) is 0 Å². The summed E-state index contributed by atoms with van der Waals surface area (Å²) in [5.41, 5.74) is 0.445. The molecule has 1 aromatic rings. The largest absolute Gasteiger partial charge is 0.497 e. The smallest absolute Gasteiger partial charge is 0.258 e. The second kappa shape index (κ2) is 8.71. The Morgan fingerprint density at radius 3 is 2.72 bits per heavy atom. The molecule has 0 aromatic heterocycles. The van der Waals surface area contributed by atoms with Gasteiger partial charge in [0.15, 0.2) is 0 Å². The number of likely N-dealkylation sites (tertiary alicyclic amines) is 1. The van der Waals surface area contributed by atoms with E-state index in [1.807, 2.05) is 7.05 Å². The van der Waals surface area contributed by atoms with Crippen LogP contribution in [0.2, 0.25) is 0 Å². The van der Waals surface area contributed by atoms with Gasteiger partial charge in [0.2, 0.25) is 5.91 Å². The van der Waals surface area contributed by atoms with Gasteiger partial charge in [-0.2, -0.15) is 0 Å². The molecule has 25 heavy (non-hydrogen) atoms. The van der Waals surface area contributed by atoms with E-state index in [0.717, 1.165) is 13.0 Å². The molecule has 1 heterocycles. The molecular weight excluding hydrogens is 322 g/mol. The molecule has 1 aliphatic heterocycles. The van der Waals surface area contributed by atoms with Gasteiger partial charge in [-0.3, -0.25) is 9.59 Å². The predicted octanol–water partition coefficient (Wildman–Crippen LogP) is 0.986. The summed E-state index contributed by atoms with van der Waals surface area (Å²) in [5.74, 6) is 0.867. The third kappa shape index (κ3) is 4.22. The maximum atomic E-state index is 13.0. The molecule has 1 aliphatic rings. The molecular formula is C18H27N3O4. The van der Waals surface area contributed by atoms with Gasteiger partial charge in [0.05, 0.1) is 19.8 Å². The summed E-state index contributed by atoms with van der Waals surface area (Å²) in [6.45, 7) is 1.90.